The number of ether oxygens (including phenoxy) is 1. The lowest BCUT2D eigenvalue weighted by atomic mass is 9.72. The molecular formula is C17H27N3O5. The van der Waals surface area contributed by atoms with Gasteiger partial charge in [0.15, 0.2) is 11.5 Å². The first-order chi connectivity index (χ1) is 11.9. The van der Waals surface area contributed by atoms with Crippen LogP contribution in [0, 0.1) is 5.92 Å². The fourth-order valence-electron chi connectivity index (χ4n) is 4.48. The van der Waals surface area contributed by atoms with Crippen molar-refractivity contribution in [2.24, 2.45) is 5.92 Å². The number of Topliss-reactive ketones (excluding diaryl/α,β-unsaturated/α-hetero) is 1. The van der Waals surface area contributed by atoms with Crippen LogP contribution in [-0.4, -0.2) is 71.5 Å². The second-order valence-electron chi connectivity index (χ2n) is 7.10. The number of carbonyl (C=O) groups excluding carboxylic acids is 3. The van der Waals surface area contributed by atoms with Gasteiger partial charge in [-0.15, -0.1) is 0 Å². The summed E-state index contributed by atoms with van der Waals surface area (Å²) in [4.78, 5) is 47.3. The average molecular weight is 353 g/mol. The van der Waals surface area contributed by atoms with E-state index in [1.165, 1.54) is 13.8 Å². The summed E-state index contributed by atoms with van der Waals surface area (Å²) < 4.78 is 5.22. The number of likely N-dealkylation sites (tertiary alicyclic amines) is 2. The van der Waals surface area contributed by atoms with Crippen molar-refractivity contribution in [2.75, 3.05) is 32.8 Å². The smallest absolute Gasteiger partial charge is 0.336 e. The van der Waals surface area contributed by atoms with Crippen LogP contribution >= 0.6 is 0 Å². The molecule has 0 radical (unpaired) electrons. The minimum atomic E-state index is -1.58. The Morgan fingerprint density at radius 1 is 1.20 bits per heavy atom. The largest absolute Gasteiger partial charge is 0.464 e. The molecule has 0 aromatic carbocycles. The Hall–Kier alpha value is -1.51. The molecule has 3 aliphatic rings. The van der Waals surface area contributed by atoms with E-state index in [9.17, 15) is 14.4 Å². The number of carbonyl (C=O) groups is 3. The van der Waals surface area contributed by atoms with Gasteiger partial charge in [0.25, 0.3) is 0 Å². The van der Waals surface area contributed by atoms with Crippen LogP contribution in [0.5, 0.6) is 0 Å². The van der Waals surface area contributed by atoms with Gasteiger partial charge in [-0.05, 0) is 26.7 Å². The molecule has 3 aliphatic heterocycles. The third kappa shape index (κ3) is 2.67. The van der Waals surface area contributed by atoms with Crippen LogP contribution in [0.1, 0.15) is 40.0 Å². The van der Waals surface area contributed by atoms with Crippen molar-refractivity contribution in [3.63, 3.8) is 0 Å². The molecule has 0 aromatic heterocycles. The summed E-state index contributed by atoms with van der Waals surface area (Å²) in [6.45, 7) is 7.31. The summed E-state index contributed by atoms with van der Waals surface area (Å²) in [6.07, 6.45) is 2.67. The molecule has 0 bridgehead atoms. The topological polar surface area (TPSA) is 88.2 Å². The average Bonchev–Trinajstić information content (AvgIpc) is 3.21. The quantitative estimate of drug-likeness (QED) is 0.565. The third-order valence-electron chi connectivity index (χ3n) is 5.84. The molecule has 0 saturated carbocycles. The maximum absolute atomic E-state index is 12.8. The fourth-order valence-corrected chi connectivity index (χ4v) is 4.48. The van der Waals surface area contributed by atoms with Gasteiger partial charge in [0.2, 0.25) is 11.4 Å². The second kappa shape index (κ2) is 6.66. The van der Waals surface area contributed by atoms with E-state index in [0.29, 0.717) is 13.0 Å². The number of hydroxylamine groups is 1. The van der Waals surface area contributed by atoms with E-state index < -0.39 is 23.2 Å². The summed E-state index contributed by atoms with van der Waals surface area (Å²) in [5, 5.41) is 0. The Kier molecular flexibility index (Phi) is 4.87. The predicted molar refractivity (Wildman–Crippen MR) is 88.2 cm³/mol. The maximum atomic E-state index is 12.8. The number of hydrogen-bond donors (Lipinski definition) is 1. The molecule has 1 N–H and O–H groups in total. The molecule has 3 rings (SSSR count). The van der Waals surface area contributed by atoms with E-state index in [2.05, 4.69) is 10.4 Å². The van der Waals surface area contributed by atoms with Crippen molar-refractivity contribution in [3.8, 4) is 0 Å². The number of piperidine rings is 1. The standard InChI is InChI=1S/C17H27N3O5/c1-4-24-15(23)17(12(2)21)14-11-19(13(3)22)10-7-16(14,25-18-17)20-8-5-6-9-20/h14,18H,4-11H2,1-3H3. The van der Waals surface area contributed by atoms with Crippen molar-refractivity contribution < 1.29 is 24.0 Å². The highest BCUT2D eigenvalue weighted by Crippen LogP contribution is 2.47. The zero-order chi connectivity index (χ0) is 18.2. The SMILES string of the molecule is CCOC(=O)C1(C(C)=O)NOC2(N3CCCC3)CCN(C(C)=O)CC12. The van der Waals surface area contributed by atoms with E-state index in [-0.39, 0.29) is 24.8 Å². The van der Waals surface area contributed by atoms with Crippen molar-refractivity contribution in [3.05, 3.63) is 0 Å². The van der Waals surface area contributed by atoms with E-state index in [0.717, 1.165) is 25.9 Å². The first kappa shape index (κ1) is 18.3. The Bertz CT molecular complexity index is 577. The zero-order valence-corrected chi connectivity index (χ0v) is 15.2. The summed E-state index contributed by atoms with van der Waals surface area (Å²) in [5.41, 5.74) is 0.430. The number of nitrogens with zero attached hydrogens (tertiary/aromatic N) is 2. The lowest BCUT2D eigenvalue weighted by molar-refractivity contribution is -0.190. The Labute approximate surface area is 147 Å². The van der Waals surface area contributed by atoms with Crippen molar-refractivity contribution in [1.82, 2.24) is 15.3 Å². The minimum absolute atomic E-state index is 0.0665. The van der Waals surface area contributed by atoms with E-state index in [4.69, 9.17) is 9.57 Å². The summed E-state index contributed by atoms with van der Waals surface area (Å²) >= 11 is 0. The van der Waals surface area contributed by atoms with E-state index in [1.54, 1.807) is 11.8 Å². The molecule has 0 spiro atoms. The first-order valence-corrected chi connectivity index (χ1v) is 9.02. The molecule has 8 heteroatoms. The number of ketones is 1. The fraction of sp³-hybridized carbons (Fsp3) is 0.824. The lowest BCUT2D eigenvalue weighted by Gasteiger charge is -2.48. The molecule has 3 atom stereocenters. The summed E-state index contributed by atoms with van der Waals surface area (Å²) in [6, 6.07) is 0. The number of esters is 1. The van der Waals surface area contributed by atoms with Gasteiger partial charge in [0.1, 0.15) is 0 Å². The lowest BCUT2D eigenvalue weighted by Crippen LogP contribution is -2.67. The highest BCUT2D eigenvalue weighted by atomic mass is 16.7. The van der Waals surface area contributed by atoms with Crippen LogP contribution in [-0.2, 0) is 24.0 Å². The van der Waals surface area contributed by atoms with Crippen molar-refractivity contribution in [2.45, 2.75) is 51.3 Å². The van der Waals surface area contributed by atoms with Crippen molar-refractivity contribution >= 4 is 17.7 Å². The number of nitrogens with one attached hydrogen (secondary N) is 1. The van der Waals surface area contributed by atoms with Gasteiger partial charge in [-0.2, -0.15) is 5.48 Å². The van der Waals surface area contributed by atoms with Gasteiger partial charge in [-0.1, -0.05) is 0 Å². The van der Waals surface area contributed by atoms with Crippen LogP contribution in [0.15, 0.2) is 0 Å². The number of rotatable bonds is 4. The summed E-state index contributed by atoms with van der Waals surface area (Å²) in [7, 11) is 0. The van der Waals surface area contributed by atoms with Crippen LogP contribution in [0.3, 0.4) is 0 Å². The van der Waals surface area contributed by atoms with Gasteiger partial charge in [-0.3, -0.25) is 19.3 Å². The first-order valence-electron chi connectivity index (χ1n) is 9.02. The van der Waals surface area contributed by atoms with Crippen LogP contribution in [0.25, 0.3) is 0 Å². The normalized spacial score (nSPS) is 35.5. The Morgan fingerprint density at radius 2 is 1.88 bits per heavy atom. The molecule has 8 nitrogen and oxygen atoms in total. The molecular weight excluding hydrogens is 326 g/mol. The number of hydrogen-bond acceptors (Lipinski definition) is 7. The van der Waals surface area contributed by atoms with E-state index in [1.807, 2.05) is 0 Å². The van der Waals surface area contributed by atoms with Gasteiger partial charge in [0, 0.05) is 39.5 Å². The second-order valence-corrected chi connectivity index (χ2v) is 7.10. The minimum Gasteiger partial charge on any atom is -0.464 e. The molecule has 3 unspecified atom stereocenters. The van der Waals surface area contributed by atoms with Crippen molar-refractivity contribution in [1.29, 1.82) is 0 Å². The Balaban J connectivity index is 2.03. The molecule has 0 aliphatic carbocycles. The molecule has 3 fully saturated rings. The summed E-state index contributed by atoms with van der Waals surface area (Å²) in [5.74, 6) is -1.54. The molecule has 0 aromatic rings. The van der Waals surface area contributed by atoms with Gasteiger partial charge >= 0.3 is 5.97 Å². The third-order valence-corrected chi connectivity index (χ3v) is 5.84. The van der Waals surface area contributed by atoms with Crippen LogP contribution in [0.4, 0.5) is 0 Å². The molecule has 3 heterocycles. The predicted octanol–water partition coefficient (Wildman–Crippen LogP) is 0.0726. The highest BCUT2D eigenvalue weighted by molar-refractivity contribution is 6.08. The molecule has 3 saturated heterocycles. The monoisotopic (exact) mass is 353 g/mol. The van der Waals surface area contributed by atoms with Crippen LogP contribution < -0.4 is 5.48 Å². The number of fused-ring (bicyclic) bond motifs is 1. The van der Waals surface area contributed by atoms with E-state index >= 15 is 0 Å². The molecule has 140 valence electrons. The Morgan fingerprint density at radius 3 is 2.44 bits per heavy atom. The molecule has 25 heavy (non-hydrogen) atoms. The van der Waals surface area contributed by atoms with Crippen LogP contribution in [0.2, 0.25) is 0 Å². The van der Waals surface area contributed by atoms with Gasteiger partial charge < -0.3 is 9.64 Å². The highest BCUT2D eigenvalue weighted by Gasteiger charge is 2.69. The molecule has 1 amide bonds. The maximum Gasteiger partial charge on any atom is 0.336 e. The number of amides is 1. The van der Waals surface area contributed by atoms with Gasteiger partial charge in [-0.25, -0.2) is 4.79 Å². The zero-order valence-electron chi connectivity index (χ0n) is 15.2. The van der Waals surface area contributed by atoms with Gasteiger partial charge in [0.05, 0.1) is 12.5 Å².